The highest BCUT2D eigenvalue weighted by Gasteiger charge is 2.27. The SMILES string of the molecule is c1ccc(-c2ccc(-n3c4ccccc4c4c5c(ccc43)-c3ccccc3-c3cccc4c6ccccc6n-5c34)cc2)cc1. The number of rotatable bonds is 2. The zero-order valence-electron chi connectivity index (χ0n) is 23.9. The van der Waals surface area contributed by atoms with E-state index in [1.807, 2.05) is 0 Å². The molecule has 44 heavy (non-hydrogen) atoms. The smallest absolute Gasteiger partial charge is 0.0641 e. The van der Waals surface area contributed by atoms with Gasteiger partial charge in [-0.25, -0.2) is 0 Å². The summed E-state index contributed by atoms with van der Waals surface area (Å²) in [6.07, 6.45) is 0. The Balaban J connectivity index is 1.37. The van der Waals surface area contributed by atoms with Crippen LogP contribution in [0.4, 0.5) is 0 Å². The number of benzene rings is 7. The maximum atomic E-state index is 2.55. The summed E-state index contributed by atoms with van der Waals surface area (Å²) in [5.41, 5.74) is 14.9. The van der Waals surface area contributed by atoms with Crippen molar-refractivity contribution in [2.75, 3.05) is 0 Å². The van der Waals surface area contributed by atoms with E-state index in [0.717, 1.165) is 5.69 Å². The zero-order valence-corrected chi connectivity index (χ0v) is 23.9. The second-order valence-electron chi connectivity index (χ2n) is 11.7. The van der Waals surface area contributed by atoms with Crippen LogP contribution in [0.5, 0.6) is 0 Å². The maximum Gasteiger partial charge on any atom is 0.0641 e. The summed E-state index contributed by atoms with van der Waals surface area (Å²) in [5.74, 6) is 0. The topological polar surface area (TPSA) is 9.86 Å². The molecule has 2 aromatic heterocycles. The number of fused-ring (bicyclic) bond motifs is 12. The molecule has 2 heteroatoms. The van der Waals surface area contributed by atoms with E-state index >= 15 is 0 Å². The van der Waals surface area contributed by atoms with Crippen LogP contribution in [0, 0.1) is 0 Å². The molecule has 10 rings (SSSR count). The zero-order chi connectivity index (χ0) is 28.8. The summed E-state index contributed by atoms with van der Waals surface area (Å²) >= 11 is 0. The van der Waals surface area contributed by atoms with Crippen molar-refractivity contribution >= 4 is 43.6 Å². The van der Waals surface area contributed by atoms with Crippen molar-refractivity contribution < 1.29 is 0 Å². The molecule has 204 valence electrons. The molecule has 1 aliphatic rings. The molecule has 2 nitrogen and oxygen atoms in total. The second-order valence-corrected chi connectivity index (χ2v) is 11.7. The van der Waals surface area contributed by atoms with E-state index in [2.05, 4.69) is 167 Å². The molecule has 7 aromatic carbocycles. The molecule has 0 unspecified atom stereocenters. The molecule has 0 N–H and O–H groups in total. The average Bonchev–Trinajstić information content (AvgIpc) is 3.57. The minimum atomic E-state index is 1.16. The summed E-state index contributed by atoms with van der Waals surface area (Å²) in [5, 5.41) is 5.11. The summed E-state index contributed by atoms with van der Waals surface area (Å²) in [6, 6.07) is 57.7. The third-order valence-electron chi connectivity index (χ3n) is 9.47. The molecular weight excluding hydrogens is 532 g/mol. The van der Waals surface area contributed by atoms with Crippen molar-refractivity contribution in [2.45, 2.75) is 0 Å². The molecule has 0 atom stereocenters. The van der Waals surface area contributed by atoms with Gasteiger partial charge >= 0.3 is 0 Å². The number of hydrogen-bond donors (Lipinski definition) is 0. The van der Waals surface area contributed by atoms with E-state index < -0.39 is 0 Å². The highest BCUT2D eigenvalue weighted by Crippen LogP contribution is 2.50. The fourth-order valence-corrected chi connectivity index (χ4v) is 7.62. The van der Waals surface area contributed by atoms with Crippen LogP contribution in [0.3, 0.4) is 0 Å². The van der Waals surface area contributed by atoms with Gasteiger partial charge < -0.3 is 9.13 Å². The predicted octanol–water partition coefficient (Wildman–Crippen LogP) is 11.2. The first kappa shape index (κ1) is 23.7. The number of nitrogens with zero attached hydrogens (tertiary/aromatic N) is 2. The molecule has 3 heterocycles. The lowest BCUT2D eigenvalue weighted by Gasteiger charge is -2.15. The molecule has 0 aliphatic carbocycles. The Kier molecular flexibility index (Phi) is 4.75. The Morgan fingerprint density at radius 1 is 0.318 bits per heavy atom. The van der Waals surface area contributed by atoms with Crippen LogP contribution in [0.1, 0.15) is 0 Å². The van der Waals surface area contributed by atoms with Crippen molar-refractivity contribution in [1.82, 2.24) is 9.13 Å². The summed E-state index contributed by atoms with van der Waals surface area (Å²) in [4.78, 5) is 0. The van der Waals surface area contributed by atoms with E-state index in [1.165, 1.54) is 82.7 Å². The van der Waals surface area contributed by atoms with Gasteiger partial charge in [-0.15, -0.1) is 0 Å². The van der Waals surface area contributed by atoms with Crippen LogP contribution in [0.2, 0.25) is 0 Å². The van der Waals surface area contributed by atoms with E-state index in [-0.39, 0.29) is 0 Å². The van der Waals surface area contributed by atoms with Gasteiger partial charge in [0.15, 0.2) is 0 Å². The lowest BCUT2D eigenvalue weighted by molar-refractivity contribution is 1.17. The van der Waals surface area contributed by atoms with Crippen molar-refractivity contribution in [2.24, 2.45) is 0 Å². The molecule has 0 fully saturated rings. The highest BCUT2D eigenvalue weighted by molar-refractivity contribution is 6.22. The van der Waals surface area contributed by atoms with Gasteiger partial charge in [-0.3, -0.25) is 0 Å². The van der Waals surface area contributed by atoms with E-state index in [1.54, 1.807) is 0 Å². The number of hydrogen-bond acceptors (Lipinski definition) is 0. The highest BCUT2D eigenvalue weighted by atomic mass is 15.0. The van der Waals surface area contributed by atoms with Gasteiger partial charge in [0.25, 0.3) is 0 Å². The van der Waals surface area contributed by atoms with E-state index in [4.69, 9.17) is 0 Å². The molecule has 0 spiro atoms. The van der Waals surface area contributed by atoms with Gasteiger partial charge in [-0.05, 0) is 52.6 Å². The van der Waals surface area contributed by atoms with Crippen molar-refractivity contribution in [3.05, 3.63) is 158 Å². The van der Waals surface area contributed by atoms with Gasteiger partial charge in [0.05, 0.1) is 27.8 Å². The summed E-state index contributed by atoms with van der Waals surface area (Å²) in [6.45, 7) is 0. The molecule has 0 amide bonds. The van der Waals surface area contributed by atoms with E-state index in [9.17, 15) is 0 Å². The summed E-state index contributed by atoms with van der Waals surface area (Å²) in [7, 11) is 0. The molecule has 0 saturated heterocycles. The maximum absolute atomic E-state index is 2.55. The Bertz CT molecular complexity index is 2580. The predicted molar refractivity (Wildman–Crippen MR) is 185 cm³/mol. The fraction of sp³-hybridized carbons (Fsp3) is 0. The normalized spacial score (nSPS) is 12.1. The average molecular weight is 559 g/mol. The molecule has 0 saturated carbocycles. The van der Waals surface area contributed by atoms with Crippen LogP contribution in [0.25, 0.3) is 88.4 Å². The van der Waals surface area contributed by atoms with Crippen molar-refractivity contribution in [3.8, 4) is 44.8 Å². The van der Waals surface area contributed by atoms with Gasteiger partial charge in [0.1, 0.15) is 0 Å². The van der Waals surface area contributed by atoms with Gasteiger partial charge in [0, 0.05) is 38.4 Å². The number of para-hydroxylation sites is 3. The molecule has 1 aliphatic heterocycles. The largest absolute Gasteiger partial charge is 0.309 e. The monoisotopic (exact) mass is 558 g/mol. The molecule has 9 aromatic rings. The first-order valence-electron chi connectivity index (χ1n) is 15.2. The minimum Gasteiger partial charge on any atom is -0.309 e. The molecule has 0 bridgehead atoms. The van der Waals surface area contributed by atoms with Crippen molar-refractivity contribution in [1.29, 1.82) is 0 Å². The second kappa shape index (κ2) is 8.82. The quantitative estimate of drug-likeness (QED) is 0.200. The molecular formula is C42H26N2. The fourth-order valence-electron chi connectivity index (χ4n) is 7.62. The Labute approximate surface area is 254 Å². The standard InChI is InChI=1S/C42H26N2/c1-2-11-27(12-3-1)28-21-23-29(24-22-28)43-38-20-9-7-16-36(38)40-39(43)26-25-35-31-14-5-4-13-30(31)33-17-10-18-34-32-15-6-8-19-37(32)44(41(33)34)42(35)40/h1-26H. The van der Waals surface area contributed by atoms with Crippen LogP contribution in [0.15, 0.2) is 158 Å². The number of aromatic nitrogens is 2. The van der Waals surface area contributed by atoms with Gasteiger partial charge in [0.2, 0.25) is 0 Å². The van der Waals surface area contributed by atoms with Crippen LogP contribution < -0.4 is 0 Å². The lowest BCUT2D eigenvalue weighted by Crippen LogP contribution is -1.98. The van der Waals surface area contributed by atoms with Gasteiger partial charge in [-0.1, -0.05) is 127 Å². The Morgan fingerprint density at radius 3 is 1.70 bits per heavy atom. The van der Waals surface area contributed by atoms with Crippen molar-refractivity contribution in [3.63, 3.8) is 0 Å². The van der Waals surface area contributed by atoms with Gasteiger partial charge in [-0.2, -0.15) is 0 Å². The van der Waals surface area contributed by atoms with E-state index in [0.29, 0.717) is 0 Å². The van der Waals surface area contributed by atoms with Crippen LogP contribution in [-0.2, 0) is 0 Å². The van der Waals surface area contributed by atoms with Crippen LogP contribution >= 0.6 is 0 Å². The first-order chi connectivity index (χ1) is 21.9. The third-order valence-corrected chi connectivity index (χ3v) is 9.47. The first-order valence-corrected chi connectivity index (χ1v) is 15.2. The summed E-state index contributed by atoms with van der Waals surface area (Å²) < 4.78 is 4.98. The molecule has 0 radical (unpaired) electrons. The Morgan fingerprint density at radius 2 is 0.909 bits per heavy atom. The minimum absolute atomic E-state index is 1.16. The lowest BCUT2D eigenvalue weighted by atomic mass is 9.92. The Hall–Kier alpha value is -5.86. The van der Waals surface area contributed by atoms with Crippen LogP contribution in [-0.4, -0.2) is 9.13 Å². The third kappa shape index (κ3) is 3.09.